The molecule has 2 rings (SSSR count). The van der Waals surface area contributed by atoms with Gasteiger partial charge in [0.25, 0.3) is 0 Å². The molecule has 1 amide bonds. The zero-order chi connectivity index (χ0) is 15.1. The maximum absolute atomic E-state index is 11.2. The number of anilines is 2. The van der Waals surface area contributed by atoms with Crippen LogP contribution in [0.15, 0.2) is 48.5 Å². The smallest absolute Gasteiger partial charge is 0.221 e. The van der Waals surface area contributed by atoms with E-state index in [1.165, 1.54) is 6.92 Å². The van der Waals surface area contributed by atoms with Crippen molar-refractivity contribution >= 4 is 17.3 Å². The Morgan fingerprint density at radius 1 is 1.00 bits per heavy atom. The number of ether oxygens (including phenoxy) is 1. The molecule has 4 heteroatoms. The number of nitrogens with one attached hydrogen (secondary N) is 2. The molecular weight excluding hydrogens is 264 g/mol. The minimum Gasteiger partial charge on any atom is -0.381 e. The molecule has 0 saturated carbocycles. The second-order valence-electron chi connectivity index (χ2n) is 4.78. The predicted octanol–water partition coefficient (Wildman–Crippen LogP) is 3.40. The molecule has 0 saturated heterocycles. The van der Waals surface area contributed by atoms with E-state index >= 15 is 0 Å². The van der Waals surface area contributed by atoms with Gasteiger partial charge in [-0.05, 0) is 17.7 Å². The lowest BCUT2D eigenvalue weighted by Gasteiger charge is -2.14. The van der Waals surface area contributed by atoms with Crippen LogP contribution in [0.25, 0.3) is 0 Å². The van der Waals surface area contributed by atoms with Crippen LogP contribution in [0.3, 0.4) is 0 Å². The highest BCUT2D eigenvalue weighted by Gasteiger charge is 2.05. The molecule has 0 radical (unpaired) electrons. The topological polar surface area (TPSA) is 50.4 Å². The van der Waals surface area contributed by atoms with Gasteiger partial charge in [0, 0.05) is 37.5 Å². The molecule has 0 atom stereocenters. The van der Waals surface area contributed by atoms with E-state index in [0.29, 0.717) is 13.2 Å². The van der Waals surface area contributed by atoms with Crippen molar-refractivity contribution in [3.63, 3.8) is 0 Å². The zero-order valence-corrected chi connectivity index (χ0v) is 12.3. The summed E-state index contributed by atoms with van der Waals surface area (Å²) in [6.45, 7) is 2.71. The average Bonchev–Trinajstić information content (AvgIpc) is 2.47. The second kappa shape index (κ2) is 7.45. The van der Waals surface area contributed by atoms with Gasteiger partial charge in [-0.2, -0.15) is 0 Å². The highest BCUT2D eigenvalue weighted by molar-refractivity contribution is 5.89. The van der Waals surface area contributed by atoms with Crippen LogP contribution in [-0.4, -0.2) is 13.0 Å². The Kier molecular flexibility index (Phi) is 5.35. The van der Waals surface area contributed by atoms with Crippen molar-refractivity contribution < 1.29 is 9.53 Å². The Hall–Kier alpha value is -2.33. The van der Waals surface area contributed by atoms with E-state index in [9.17, 15) is 4.79 Å². The number of carbonyl (C=O) groups excluding carboxylic acids is 1. The standard InChI is InChI=1S/C17H20N2O2/c1-13(20)19-17-10-6-3-7-14(17)11-18-16-9-5-4-8-15(16)12-21-2/h3-10,18H,11-12H2,1-2H3,(H,19,20). The van der Waals surface area contributed by atoms with E-state index in [0.717, 1.165) is 22.5 Å². The number of hydrogen-bond donors (Lipinski definition) is 2. The van der Waals surface area contributed by atoms with E-state index in [1.54, 1.807) is 7.11 Å². The third kappa shape index (κ3) is 4.33. The van der Waals surface area contributed by atoms with Gasteiger partial charge in [0.15, 0.2) is 0 Å². The minimum atomic E-state index is -0.0674. The van der Waals surface area contributed by atoms with Gasteiger partial charge in [0.05, 0.1) is 6.61 Å². The van der Waals surface area contributed by atoms with Crippen LogP contribution >= 0.6 is 0 Å². The summed E-state index contributed by atoms with van der Waals surface area (Å²) in [5, 5.41) is 6.24. The molecule has 0 aromatic heterocycles. The molecule has 0 fully saturated rings. The monoisotopic (exact) mass is 284 g/mol. The molecule has 2 N–H and O–H groups in total. The van der Waals surface area contributed by atoms with Gasteiger partial charge in [-0.25, -0.2) is 0 Å². The lowest BCUT2D eigenvalue weighted by atomic mass is 10.1. The van der Waals surface area contributed by atoms with Crippen molar-refractivity contribution in [1.82, 2.24) is 0 Å². The van der Waals surface area contributed by atoms with Crippen LogP contribution in [0.5, 0.6) is 0 Å². The predicted molar refractivity (Wildman–Crippen MR) is 85.2 cm³/mol. The second-order valence-corrected chi connectivity index (χ2v) is 4.78. The van der Waals surface area contributed by atoms with Crippen molar-refractivity contribution in [3.05, 3.63) is 59.7 Å². The molecule has 110 valence electrons. The maximum atomic E-state index is 11.2. The van der Waals surface area contributed by atoms with Crippen molar-refractivity contribution in [2.24, 2.45) is 0 Å². The SMILES string of the molecule is COCc1ccccc1NCc1ccccc1NC(C)=O. The molecule has 2 aromatic rings. The molecule has 21 heavy (non-hydrogen) atoms. The first-order chi connectivity index (χ1) is 10.2. The molecule has 0 heterocycles. The van der Waals surface area contributed by atoms with Crippen LogP contribution in [0, 0.1) is 0 Å². The summed E-state index contributed by atoms with van der Waals surface area (Å²) >= 11 is 0. The molecule has 4 nitrogen and oxygen atoms in total. The average molecular weight is 284 g/mol. The third-order valence-corrected chi connectivity index (χ3v) is 3.11. The third-order valence-electron chi connectivity index (χ3n) is 3.11. The van der Waals surface area contributed by atoms with Crippen LogP contribution in [0.1, 0.15) is 18.1 Å². The zero-order valence-electron chi connectivity index (χ0n) is 12.3. The van der Waals surface area contributed by atoms with Gasteiger partial charge >= 0.3 is 0 Å². The summed E-state index contributed by atoms with van der Waals surface area (Å²) in [4.78, 5) is 11.2. The molecule has 0 aliphatic carbocycles. The number of amides is 1. The molecule has 0 aliphatic rings. The lowest BCUT2D eigenvalue weighted by Crippen LogP contribution is -2.10. The van der Waals surface area contributed by atoms with Crippen LogP contribution in [0.4, 0.5) is 11.4 Å². The fourth-order valence-electron chi connectivity index (χ4n) is 2.15. The van der Waals surface area contributed by atoms with Crippen LogP contribution in [-0.2, 0) is 22.7 Å². The normalized spacial score (nSPS) is 10.2. The Morgan fingerprint density at radius 3 is 2.29 bits per heavy atom. The van der Waals surface area contributed by atoms with Crippen molar-refractivity contribution in [1.29, 1.82) is 0 Å². The number of para-hydroxylation sites is 2. The van der Waals surface area contributed by atoms with E-state index in [1.807, 2.05) is 48.5 Å². The first kappa shape index (κ1) is 15.1. The van der Waals surface area contributed by atoms with Crippen LogP contribution < -0.4 is 10.6 Å². The first-order valence-electron chi connectivity index (χ1n) is 6.87. The van der Waals surface area contributed by atoms with Gasteiger partial charge in [-0.1, -0.05) is 36.4 Å². The van der Waals surface area contributed by atoms with Gasteiger partial charge < -0.3 is 15.4 Å². The largest absolute Gasteiger partial charge is 0.381 e. The van der Waals surface area contributed by atoms with Crippen molar-refractivity contribution in [2.75, 3.05) is 17.7 Å². The fraction of sp³-hybridized carbons (Fsp3) is 0.235. The summed E-state index contributed by atoms with van der Waals surface area (Å²) in [5.74, 6) is -0.0674. The van der Waals surface area contributed by atoms with Gasteiger partial charge in [-0.15, -0.1) is 0 Å². The molecule has 0 spiro atoms. The van der Waals surface area contributed by atoms with Gasteiger partial charge in [-0.3, -0.25) is 4.79 Å². The minimum absolute atomic E-state index is 0.0674. The number of rotatable bonds is 6. The summed E-state index contributed by atoms with van der Waals surface area (Å²) in [7, 11) is 1.68. The molecule has 0 aliphatic heterocycles. The van der Waals surface area contributed by atoms with E-state index in [4.69, 9.17) is 4.74 Å². The number of benzene rings is 2. The summed E-state index contributed by atoms with van der Waals surface area (Å²) < 4.78 is 5.20. The highest BCUT2D eigenvalue weighted by Crippen LogP contribution is 2.20. The molecule has 0 unspecified atom stereocenters. The highest BCUT2D eigenvalue weighted by atomic mass is 16.5. The van der Waals surface area contributed by atoms with E-state index < -0.39 is 0 Å². The molecule has 2 aromatic carbocycles. The Bertz CT molecular complexity index is 611. The van der Waals surface area contributed by atoms with E-state index in [-0.39, 0.29) is 5.91 Å². The summed E-state index contributed by atoms with van der Waals surface area (Å²) in [6.07, 6.45) is 0. The fourth-order valence-corrected chi connectivity index (χ4v) is 2.15. The number of carbonyl (C=O) groups is 1. The number of methoxy groups -OCH3 is 1. The summed E-state index contributed by atoms with van der Waals surface area (Å²) in [5.41, 5.74) is 4.02. The summed E-state index contributed by atoms with van der Waals surface area (Å²) in [6, 6.07) is 15.8. The quantitative estimate of drug-likeness (QED) is 0.854. The first-order valence-corrected chi connectivity index (χ1v) is 6.87. The van der Waals surface area contributed by atoms with Crippen molar-refractivity contribution in [2.45, 2.75) is 20.1 Å². The maximum Gasteiger partial charge on any atom is 0.221 e. The lowest BCUT2D eigenvalue weighted by molar-refractivity contribution is -0.114. The number of hydrogen-bond acceptors (Lipinski definition) is 3. The Morgan fingerprint density at radius 2 is 1.62 bits per heavy atom. The molecular formula is C17H20N2O2. The van der Waals surface area contributed by atoms with Crippen LogP contribution in [0.2, 0.25) is 0 Å². The van der Waals surface area contributed by atoms with Gasteiger partial charge in [0.2, 0.25) is 5.91 Å². The Labute approximate surface area is 125 Å². The Balaban J connectivity index is 2.11. The van der Waals surface area contributed by atoms with Gasteiger partial charge in [0.1, 0.15) is 0 Å². The molecule has 0 bridgehead atoms. The van der Waals surface area contributed by atoms with Crippen molar-refractivity contribution in [3.8, 4) is 0 Å². The van der Waals surface area contributed by atoms with E-state index in [2.05, 4.69) is 10.6 Å².